The summed E-state index contributed by atoms with van der Waals surface area (Å²) < 4.78 is 10.5. The molecule has 1 aliphatic heterocycles. The van der Waals surface area contributed by atoms with Gasteiger partial charge in [0, 0.05) is 42.1 Å². The Morgan fingerprint density at radius 1 is 1.09 bits per heavy atom. The van der Waals surface area contributed by atoms with Gasteiger partial charge in [0.1, 0.15) is 5.60 Å². The highest BCUT2D eigenvalue weighted by Crippen LogP contribution is 2.37. The Morgan fingerprint density at radius 3 is 2.51 bits per heavy atom. The zero-order valence-electron chi connectivity index (χ0n) is 21.1. The van der Waals surface area contributed by atoms with Crippen molar-refractivity contribution >= 4 is 35.0 Å². The van der Waals surface area contributed by atoms with Crippen LogP contribution in [0, 0.1) is 0 Å². The van der Waals surface area contributed by atoms with E-state index in [4.69, 9.17) is 21.1 Å². The minimum atomic E-state index is -0.612. The van der Waals surface area contributed by atoms with E-state index < -0.39 is 17.7 Å². The predicted octanol–water partition coefficient (Wildman–Crippen LogP) is 6.32. The summed E-state index contributed by atoms with van der Waals surface area (Å²) in [5.74, 6) is -0.425. The molecule has 0 atom stereocenters. The number of para-hydroxylation sites is 1. The summed E-state index contributed by atoms with van der Waals surface area (Å²) in [6, 6.07) is 14.5. The molecule has 7 heteroatoms. The van der Waals surface area contributed by atoms with Crippen LogP contribution in [0.25, 0.3) is 0 Å². The third-order valence-electron chi connectivity index (χ3n) is 5.61. The van der Waals surface area contributed by atoms with E-state index in [9.17, 15) is 9.59 Å². The van der Waals surface area contributed by atoms with Crippen LogP contribution in [-0.2, 0) is 27.1 Å². The molecule has 3 rings (SSSR count). The molecule has 2 aromatic carbocycles. The van der Waals surface area contributed by atoms with E-state index in [-0.39, 0.29) is 6.54 Å². The summed E-state index contributed by atoms with van der Waals surface area (Å²) in [7, 11) is 0. The van der Waals surface area contributed by atoms with Gasteiger partial charge in [-0.15, -0.1) is 0 Å². The Hall–Kier alpha value is -2.99. The van der Waals surface area contributed by atoms with Gasteiger partial charge in [-0.1, -0.05) is 41.9 Å². The van der Waals surface area contributed by atoms with Crippen molar-refractivity contribution in [3.05, 3.63) is 70.8 Å². The van der Waals surface area contributed by atoms with Crippen LogP contribution in [0.4, 0.5) is 16.2 Å². The lowest BCUT2D eigenvalue weighted by Gasteiger charge is -2.30. The van der Waals surface area contributed by atoms with Crippen LogP contribution in [0.1, 0.15) is 45.2 Å². The average Bonchev–Trinajstić information content (AvgIpc) is 2.94. The van der Waals surface area contributed by atoms with Gasteiger partial charge in [0.25, 0.3) is 0 Å². The smallest absolute Gasteiger partial charge is 0.410 e. The molecule has 0 saturated heterocycles. The van der Waals surface area contributed by atoms with Crippen LogP contribution in [0.3, 0.4) is 0 Å². The van der Waals surface area contributed by atoms with Crippen molar-refractivity contribution in [2.24, 2.45) is 0 Å². The number of esters is 1. The van der Waals surface area contributed by atoms with E-state index in [1.165, 1.54) is 22.9 Å². The minimum Gasteiger partial charge on any atom is -0.463 e. The lowest BCUT2D eigenvalue weighted by Crippen LogP contribution is -2.38. The molecule has 0 aromatic heterocycles. The fourth-order valence-corrected chi connectivity index (χ4v) is 4.26. The van der Waals surface area contributed by atoms with Crippen molar-refractivity contribution in [3.8, 4) is 0 Å². The molecule has 1 heterocycles. The Labute approximate surface area is 213 Å². The summed E-state index contributed by atoms with van der Waals surface area (Å²) >= 11 is 6.37. The Morgan fingerprint density at radius 2 is 1.80 bits per heavy atom. The van der Waals surface area contributed by atoms with Crippen LogP contribution in [-0.4, -0.2) is 48.8 Å². The van der Waals surface area contributed by atoms with Crippen LogP contribution in [0.15, 0.2) is 54.6 Å². The summed E-state index contributed by atoms with van der Waals surface area (Å²) in [6.07, 6.45) is 5.19. The highest BCUT2D eigenvalue weighted by atomic mass is 35.5. The molecule has 0 bridgehead atoms. The third-order valence-corrected chi connectivity index (χ3v) is 5.85. The van der Waals surface area contributed by atoms with Gasteiger partial charge in [-0.25, -0.2) is 9.59 Å². The van der Waals surface area contributed by atoms with E-state index in [1.807, 2.05) is 32.9 Å². The van der Waals surface area contributed by atoms with E-state index in [0.29, 0.717) is 31.1 Å². The van der Waals surface area contributed by atoms with Crippen molar-refractivity contribution in [1.82, 2.24) is 4.90 Å². The molecule has 0 saturated carbocycles. The SMILES string of the molecule is CCOC(=O)/C=C/CN(CCCN1c2ccccc2CCc2ccc(Cl)cc21)C(=O)OC(C)(C)C. The Bertz CT molecular complexity index is 1060. The lowest BCUT2D eigenvalue weighted by atomic mass is 10.0. The molecule has 2 aromatic rings. The monoisotopic (exact) mass is 498 g/mol. The highest BCUT2D eigenvalue weighted by Gasteiger charge is 2.24. The Kier molecular flexibility index (Phi) is 9.21. The molecule has 0 fully saturated rings. The largest absolute Gasteiger partial charge is 0.463 e. The molecule has 0 radical (unpaired) electrons. The van der Waals surface area contributed by atoms with Gasteiger partial charge < -0.3 is 19.3 Å². The van der Waals surface area contributed by atoms with Crippen LogP contribution in [0.2, 0.25) is 5.02 Å². The van der Waals surface area contributed by atoms with Gasteiger partial charge in [0.15, 0.2) is 0 Å². The maximum absolute atomic E-state index is 12.9. The van der Waals surface area contributed by atoms with Crippen molar-refractivity contribution in [1.29, 1.82) is 0 Å². The first-order valence-electron chi connectivity index (χ1n) is 12.1. The number of benzene rings is 2. The number of fused-ring (bicyclic) bond motifs is 2. The van der Waals surface area contributed by atoms with Crippen LogP contribution in [0.5, 0.6) is 0 Å². The fourth-order valence-electron chi connectivity index (χ4n) is 4.10. The van der Waals surface area contributed by atoms with Crippen LogP contribution >= 0.6 is 11.6 Å². The Balaban J connectivity index is 1.77. The number of anilines is 2. The lowest BCUT2D eigenvalue weighted by molar-refractivity contribution is -0.137. The standard InChI is InChI=1S/C28H35ClN2O4/c1-5-34-26(32)12-8-17-30(27(33)35-28(2,3)4)18-9-19-31-24-11-7-6-10-21(24)13-14-22-15-16-23(29)20-25(22)31/h6-8,10-12,15-16,20H,5,9,13-14,17-19H2,1-4H3/b12-8+. The molecule has 1 amide bonds. The molecule has 0 aliphatic carbocycles. The van der Waals surface area contributed by atoms with Gasteiger partial charge in [-0.05, 0) is 76.3 Å². The van der Waals surface area contributed by atoms with E-state index in [1.54, 1.807) is 17.9 Å². The number of rotatable bonds is 8. The molecule has 188 valence electrons. The molecule has 0 unspecified atom stereocenters. The molecule has 35 heavy (non-hydrogen) atoms. The van der Waals surface area contributed by atoms with Gasteiger partial charge in [0.2, 0.25) is 0 Å². The first-order chi connectivity index (χ1) is 16.7. The average molecular weight is 499 g/mol. The summed E-state index contributed by atoms with van der Waals surface area (Å²) in [6.45, 7) is 9.01. The normalized spacial score (nSPS) is 13.1. The quantitative estimate of drug-likeness (QED) is 0.314. The first-order valence-corrected chi connectivity index (χ1v) is 12.5. The molecule has 0 spiro atoms. The summed E-state index contributed by atoms with van der Waals surface area (Å²) in [5.41, 5.74) is 4.21. The van der Waals surface area contributed by atoms with Crippen molar-refractivity contribution in [2.45, 2.75) is 52.6 Å². The maximum Gasteiger partial charge on any atom is 0.410 e. The topological polar surface area (TPSA) is 59.1 Å². The first kappa shape index (κ1) is 26.6. The van der Waals surface area contributed by atoms with Gasteiger partial charge in [-0.2, -0.15) is 0 Å². The number of halogens is 1. The fraction of sp³-hybridized carbons (Fsp3) is 0.429. The van der Waals surface area contributed by atoms with E-state index in [2.05, 4.69) is 35.2 Å². The second-order valence-corrected chi connectivity index (χ2v) is 9.92. The summed E-state index contributed by atoms with van der Waals surface area (Å²) in [4.78, 5) is 28.4. The molecular formula is C28H35ClN2O4. The van der Waals surface area contributed by atoms with Gasteiger partial charge >= 0.3 is 12.1 Å². The van der Waals surface area contributed by atoms with E-state index in [0.717, 1.165) is 18.5 Å². The number of amides is 1. The van der Waals surface area contributed by atoms with Crippen molar-refractivity contribution in [3.63, 3.8) is 0 Å². The van der Waals surface area contributed by atoms with Gasteiger partial charge in [0.05, 0.1) is 6.61 Å². The van der Waals surface area contributed by atoms with Gasteiger partial charge in [-0.3, -0.25) is 0 Å². The number of aryl methyl sites for hydroxylation is 2. The van der Waals surface area contributed by atoms with E-state index >= 15 is 0 Å². The molecule has 6 nitrogen and oxygen atoms in total. The zero-order chi connectivity index (χ0) is 25.4. The molecule has 1 aliphatic rings. The van der Waals surface area contributed by atoms with Crippen molar-refractivity contribution in [2.75, 3.05) is 31.1 Å². The number of carbonyl (C=O) groups excluding carboxylic acids is 2. The minimum absolute atomic E-state index is 0.257. The molecule has 0 N–H and O–H groups in total. The van der Waals surface area contributed by atoms with Crippen LogP contribution < -0.4 is 4.90 Å². The third kappa shape index (κ3) is 7.76. The number of hydrogen-bond donors (Lipinski definition) is 0. The molecular weight excluding hydrogens is 464 g/mol. The second kappa shape index (κ2) is 12.1. The zero-order valence-corrected chi connectivity index (χ0v) is 21.8. The summed E-state index contributed by atoms with van der Waals surface area (Å²) in [5, 5.41) is 0.701. The predicted molar refractivity (Wildman–Crippen MR) is 141 cm³/mol. The second-order valence-electron chi connectivity index (χ2n) is 9.49. The number of nitrogens with zero attached hydrogens (tertiary/aromatic N) is 2. The maximum atomic E-state index is 12.9. The number of hydrogen-bond acceptors (Lipinski definition) is 5. The number of carbonyl (C=O) groups is 2. The van der Waals surface area contributed by atoms with Crippen molar-refractivity contribution < 1.29 is 19.1 Å². The highest BCUT2D eigenvalue weighted by molar-refractivity contribution is 6.30. The number of ether oxygens (including phenoxy) is 2.